The van der Waals surface area contributed by atoms with Crippen LogP contribution in [0.15, 0.2) is 22.0 Å². The maximum atomic E-state index is 12.1. The third-order valence-corrected chi connectivity index (χ3v) is 4.18. The number of carbonyl (C=O) groups excluding carboxylic acids is 1. The number of nitrogens with zero attached hydrogens (tertiary/aromatic N) is 1. The fraction of sp³-hybridized carbons (Fsp3) is 0.231. The molecule has 5 heteroatoms. The number of aromatic nitrogens is 1. The van der Waals surface area contributed by atoms with Gasteiger partial charge in [-0.3, -0.25) is 9.78 Å². The average Bonchev–Trinajstić information content (AvgIpc) is 2.70. The molecule has 2 heterocycles. The van der Waals surface area contributed by atoms with Gasteiger partial charge in [-0.05, 0) is 60.5 Å². The number of thiophene rings is 1. The molecule has 1 N–H and O–H groups in total. The number of aryl methyl sites for hydroxylation is 3. The van der Waals surface area contributed by atoms with Gasteiger partial charge in [0.25, 0.3) is 5.91 Å². The highest BCUT2D eigenvalue weighted by Gasteiger charge is 2.12. The van der Waals surface area contributed by atoms with E-state index in [1.54, 1.807) is 6.07 Å². The number of pyridine rings is 1. The van der Waals surface area contributed by atoms with Gasteiger partial charge in [0.05, 0.1) is 20.0 Å². The molecule has 0 aliphatic carbocycles. The molecule has 18 heavy (non-hydrogen) atoms. The van der Waals surface area contributed by atoms with Gasteiger partial charge in [0.2, 0.25) is 0 Å². The lowest BCUT2D eigenvalue weighted by molar-refractivity contribution is 0.103. The SMILES string of the molecule is Cc1cc(C)c(NC(=O)c2ccc(Br)s2)c(C)n1. The molecule has 0 saturated heterocycles. The molecule has 0 spiro atoms. The van der Waals surface area contributed by atoms with Crippen LogP contribution in [0.2, 0.25) is 0 Å². The summed E-state index contributed by atoms with van der Waals surface area (Å²) in [5, 5.41) is 2.92. The van der Waals surface area contributed by atoms with E-state index >= 15 is 0 Å². The maximum absolute atomic E-state index is 12.1. The summed E-state index contributed by atoms with van der Waals surface area (Å²) in [5.74, 6) is -0.0949. The minimum absolute atomic E-state index is 0.0949. The van der Waals surface area contributed by atoms with E-state index in [1.807, 2.05) is 32.9 Å². The molecular formula is C13H13BrN2OS. The summed E-state index contributed by atoms with van der Waals surface area (Å²) in [5.41, 5.74) is 3.64. The van der Waals surface area contributed by atoms with Gasteiger partial charge in [-0.25, -0.2) is 0 Å². The van der Waals surface area contributed by atoms with Gasteiger partial charge in [-0.15, -0.1) is 11.3 Å². The van der Waals surface area contributed by atoms with E-state index in [0.717, 1.165) is 26.4 Å². The van der Waals surface area contributed by atoms with Crippen molar-refractivity contribution < 1.29 is 4.79 Å². The molecule has 0 bridgehead atoms. The lowest BCUT2D eigenvalue weighted by Crippen LogP contribution is -2.13. The average molecular weight is 325 g/mol. The summed E-state index contributed by atoms with van der Waals surface area (Å²) in [4.78, 5) is 17.1. The van der Waals surface area contributed by atoms with Crippen molar-refractivity contribution in [2.24, 2.45) is 0 Å². The van der Waals surface area contributed by atoms with E-state index in [9.17, 15) is 4.79 Å². The third-order valence-electron chi connectivity index (χ3n) is 2.56. The van der Waals surface area contributed by atoms with E-state index in [0.29, 0.717) is 4.88 Å². The number of hydrogen-bond acceptors (Lipinski definition) is 3. The Hall–Kier alpha value is -1.20. The first-order valence-electron chi connectivity index (χ1n) is 5.49. The Labute approximate surface area is 118 Å². The Bertz CT molecular complexity index is 584. The number of amides is 1. The largest absolute Gasteiger partial charge is 0.319 e. The Balaban J connectivity index is 2.27. The summed E-state index contributed by atoms with van der Waals surface area (Å²) >= 11 is 4.76. The molecule has 0 atom stereocenters. The summed E-state index contributed by atoms with van der Waals surface area (Å²) in [6.07, 6.45) is 0. The van der Waals surface area contributed by atoms with Gasteiger partial charge in [-0.1, -0.05) is 0 Å². The van der Waals surface area contributed by atoms with Crippen molar-refractivity contribution in [1.29, 1.82) is 0 Å². The number of anilines is 1. The van der Waals surface area contributed by atoms with Gasteiger partial charge in [0, 0.05) is 5.69 Å². The van der Waals surface area contributed by atoms with Gasteiger partial charge < -0.3 is 5.32 Å². The lowest BCUT2D eigenvalue weighted by atomic mass is 10.1. The lowest BCUT2D eigenvalue weighted by Gasteiger charge is -2.11. The molecule has 0 radical (unpaired) electrons. The van der Waals surface area contributed by atoms with Crippen LogP contribution in [0.1, 0.15) is 26.6 Å². The fourth-order valence-electron chi connectivity index (χ4n) is 1.82. The van der Waals surface area contributed by atoms with Crippen molar-refractivity contribution in [3.05, 3.63) is 43.8 Å². The van der Waals surface area contributed by atoms with Crippen LogP contribution in [0.25, 0.3) is 0 Å². The molecular weight excluding hydrogens is 312 g/mol. The second-order valence-electron chi connectivity index (χ2n) is 4.10. The van der Waals surface area contributed by atoms with Crippen LogP contribution in [-0.2, 0) is 0 Å². The Morgan fingerprint density at radius 3 is 2.61 bits per heavy atom. The highest BCUT2D eigenvalue weighted by Crippen LogP contribution is 2.25. The second-order valence-corrected chi connectivity index (χ2v) is 6.56. The predicted molar refractivity (Wildman–Crippen MR) is 78.4 cm³/mol. The molecule has 1 amide bonds. The molecule has 2 aromatic rings. The van der Waals surface area contributed by atoms with Crippen LogP contribution in [0, 0.1) is 20.8 Å². The highest BCUT2D eigenvalue weighted by atomic mass is 79.9. The van der Waals surface area contributed by atoms with Crippen molar-refractivity contribution >= 4 is 38.9 Å². The van der Waals surface area contributed by atoms with E-state index < -0.39 is 0 Å². The van der Waals surface area contributed by atoms with Gasteiger partial charge in [0.1, 0.15) is 0 Å². The number of hydrogen-bond donors (Lipinski definition) is 1. The van der Waals surface area contributed by atoms with Crippen LogP contribution in [0.4, 0.5) is 5.69 Å². The Kier molecular flexibility index (Phi) is 3.82. The monoisotopic (exact) mass is 324 g/mol. The van der Waals surface area contributed by atoms with E-state index in [-0.39, 0.29) is 5.91 Å². The first kappa shape index (κ1) is 13.2. The van der Waals surface area contributed by atoms with Crippen molar-refractivity contribution in [2.75, 3.05) is 5.32 Å². The first-order valence-corrected chi connectivity index (χ1v) is 7.10. The zero-order valence-electron chi connectivity index (χ0n) is 10.4. The van der Waals surface area contributed by atoms with E-state index in [1.165, 1.54) is 11.3 Å². The molecule has 0 fully saturated rings. The molecule has 0 aliphatic rings. The van der Waals surface area contributed by atoms with Gasteiger partial charge in [-0.2, -0.15) is 0 Å². The summed E-state index contributed by atoms with van der Waals surface area (Å²) in [6, 6.07) is 5.63. The van der Waals surface area contributed by atoms with Crippen LogP contribution in [0.3, 0.4) is 0 Å². The van der Waals surface area contributed by atoms with Gasteiger partial charge in [0.15, 0.2) is 0 Å². The van der Waals surface area contributed by atoms with Crippen molar-refractivity contribution in [1.82, 2.24) is 4.98 Å². The summed E-state index contributed by atoms with van der Waals surface area (Å²) in [6.45, 7) is 5.82. The summed E-state index contributed by atoms with van der Waals surface area (Å²) < 4.78 is 0.947. The van der Waals surface area contributed by atoms with Crippen LogP contribution >= 0.6 is 27.3 Å². The minimum Gasteiger partial charge on any atom is -0.319 e. The molecule has 0 saturated carbocycles. The molecule has 3 nitrogen and oxygen atoms in total. The summed E-state index contributed by atoms with van der Waals surface area (Å²) in [7, 11) is 0. The zero-order chi connectivity index (χ0) is 13.3. The van der Waals surface area contributed by atoms with Crippen LogP contribution < -0.4 is 5.32 Å². The fourth-order valence-corrected chi connectivity index (χ4v) is 3.11. The number of rotatable bonds is 2. The Morgan fingerprint density at radius 1 is 1.33 bits per heavy atom. The first-order chi connectivity index (χ1) is 8.47. The van der Waals surface area contributed by atoms with E-state index in [2.05, 4.69) is 26.2 Å². The van der Waals surface area contributed by atoms with Crippen LogP contribution in [-0.4, -0.2) is 10.9 Å². The number of nitrogens with one attached hydrogen (secondary N) is 1. The highest BCUT2D eigenvalue weighted by molar-refractivity contribution is 9.11. The molecule has 2 aromatic heterocycles. The third kappa shape index (κ3) is 2.79. The number of carbonyl (C=O) groups is 1. The molecule has 0 aliphatic heterocycles. The molecule has 94 valence electrons. The standard InChI is InChI=1S/C13H13BrN2OS/c1-7-6-8(2)15-9(3)12(7)16-13(17)10-4-5-11(14)18-10/h4-6H,1-3H3,(H,16,17). The second kappa shape index (κ2) is 5.20. The van der Waals surface area contributed by atoms with Crippen molar-refractivity contribution in [3.8, 4) is 0 Å². The van der Waals surface area contributed by atoms with Crippen molar-refractivity contribution in [3.63, 3.8) is 0 Å². The zero-order valence-corrected chi connectivity index (χ0v) is 12.8. The normalized spacial score (nSPS) is 10.4. The topological polar surface area (TPSA) is 42.0 Å². The van der Waals surface area contributed by atoms with Gasteiger partial charge >= 0.3 is 0 Å². The van der Waals surface area contributed by atoms with Crippen molar-refractivity contribution in [2.45, 2.75) is 20.8 Å². The predicted octanol–water partition coefficient (Wildman–Crippen LogP) is 4.08. The molecule has 0 unspecified atom stereocenters. The smallest absolute Gasteiger partial charge is 0.265 e. The van der Waals surface area contributed by atoms with E-state index in [4.69, 9.17) is 0 Å². The number of halogens is 1. The Morgan fingerprint density at radius 2 is 2.06 bits per heavy atom. The molecule has 2 rings (SSSR count). The van der Waals surface area contributed by atoms with Crippen LogP contribution in [0.5, 0.6) is 0 Å². The minimum atomic E-state index is -0.0949. The quantitative estimate of drug-likeness (QED) is 0.904. The molecule has 0 aromatic carbocycles. The maximum Gasteiger partial charge on any atom is 0.265 e.